The number of fused-ring (bicyclic) bond motifs is 1. The van der Waals surface area contributed by atoms with Gasteiger partial charge in [-0.1, -0.05) is 24.4 Å². The molecule has 0 amide bonds. The van der Waals surface area contributed by atoms with Crippen molar-refractivity contribution in [2.24, 2.45) is 0 Å². The highest BCUT2D eigenvalue weighted by molar-refractivity contribution is 7.71. The third kappa shape index (κ3) is 3.99. The number of phosphoric acid groups is 1. The van der Waals surface area contributed by atoms with Gasteiger partial charge in [0, 0.05) is 5.56 Å². The number of aliphatic hydroxyl groups is 2. The van der Waals surface area contributed by atoms with Gasteiger partial charge in [-0.05, 0) is 6.07 Å². The maximum Gasteiger partial charge on any atom is 0.530 e. The van der Waals surface area contributed by atoms with Gasteiger partial charge in [-0.25, -0.2) is 18.1 Å². The highest BCUT2D eigenvalue weighted by atomic mass is 32.1. The van der Waals surface area contributed by atoms with Gasteiger partial charge >= 0.3 is 13.5 Å². The molecule has 32 heavy (non-hydrogen) atoms. The molecule has 1 fully saturated rings. The number of ether oxygens (including phenoxy) is 2. The molecule has 5 atom stereocenters. The predicted molar refractivity (Wildman–Crippen MR) is 104 cm³/mol. The van der Waals surface area contributed by atoms with Crippen molar-refractivity contribution >= 4 is 20.0 Å². The standard InChI is InChI=1S/C17H17F2N2O9PS/c1-26-10-4-2-3-8-6-27-31(25,30-12(8)10)28-7-17(19)13(23)11(22)15(29-17)21-5-9(18)14(32)20-16(21)24/h2-5,11,13,15,22-23H,6-7H2,1H3,(H,20,24,32)/t11-,13+,15-,17-,31?/m1/s1/i7D2. The monoisotopic (exact) mass is 496 g/mol. The number of para-hydroxylation sites is 1. The van der Waals surface area contributed by atoms with Crippen LogP contribution in [-0.2, 0) is 25.0 Å². The Morgan fingerprint density at radius 3 is 2.97 bits per heavy atom. The summed E-state index contributed by atoms with van der Waals surface area (Å²) in [6.07, 6.45) is -6.63. The number of aliphatic hydroxyl groups excluding tert-OH is 2. The first kappa shape index (κ1) is 20.4. The van der Waals surface area contributed by atoms with Crippen LogP contribution < -0.4 is 15.0 Å². The van der Waals surface area contributed by atoms with Gasteiger partial charge in [-0.2, -0.15) is 0 Å². The summed E-state index contributed by atoms with van der Waals surface area (Å²) < 4.78 is 83.1. The molecule has 15 heteroatoms. The molecule has 2 aromatic rings. The molecule has 3 N–H and O–H groups in total. The number of methoxy groups -OCH3 is 1. The Labute approximate surface area is 186 Å². The minimum atomic E-state index is -4.88. The zero-order valence-corrected chi connectivity index (χ0v) is 17.8. The number of hydrogen-bond donors (Lipinski definition) is 3. The van der Waals surface area contributed by atoms with Crippen molar-refractivity contribution in [2.75, 3.05) is 13.7 Å². The van der Waals surface area contributed by atoms with Crippen molar-refractivity contribution in [1.82, 2.24) is 9.55 Å². The third-order valence-corrected chi connectivity index (χ3v) is 6.11. The van der Waals surface area contributed by atoms with Crippen LogP contribution in [-0.4, -0.2) is 51.5 Å². The topological polar surface area (TPSA) is 141 Å². The molecule has 4 rings (SSSR count). The second-order valence-electron chi connectivity index (χ2n) is 6.69. The summed E-state index contributed by atoms with van der Waals surface area (Å²) in [6, 6.07) is 4.58. The lowest BCUT2D eigenvalue weighted by Crippen LogP contribution is -2.43. The van der Waals surface area contributed by atoms with E-state index < -0.39 is 54.8 Å². The van der Waals surface area contributed by atoms with E-state index in [1.54, 1.807) is 12.1 Å². The molecule has 1 unspecified atom stereocenters. The van der Waals surface area contributed by atoms with E-state index in [1.807, 2.05) is 4.98 Å². The van der Waals surface area contributed by atoms with E-state index in [0.29, 0.717) is 16.3 Å². The van der Waals surface area contributed by atoms with Crippen molar-refractivity contribution in [2.45, 2.75) is 30.9 Å². The number of nitrogens with one attached hydrogen (secondary N) is 1. The van der Waals surface area contributed by atoms with Gasteiger partial charge in [0.15, 0.2) is 23.5 Å². The van der Waals surface area contributed by atoms with E-state index in [1.165, 1.54) is 13.2 Å². The molecule has 11 nitrogen and oxygen atoms in total. The highest BCUT2D eigenvalue weighted by Gasteiger charge is 2.57. The summed E-state index contributed by atoms with van der Waals surface area (Å²) in [6.45, 7) is -4.17. The van der Waals surface area contributed by atoms with Crippen molar-refractivity contribution in [3.8, 4) is 11.5 Å². The summed E-state index contributed by atoms with van der Waals surface area (Å²) in [7, 11) is -3.59. The molecular weight excluding hydrogens is 477 g/mol. The number of alkyl halides is 1. The van der Waals surface area contributed by atoms with Crippen LogP contribution in [0.5, 0.6) is 11.5 Å². The second kappa shape index (κ2) is 8.30. The molecular formula is C17H17F2N2O9PS. The van der Waals surface area contributed by atoms with Crippen molar-refractivity contribution in [1.29, 1.82) is 0 Å². The fraction of sp³-hybridized carbons (Fsp3) is 0.412. The number of benzene rings is 1. The molecule has 174 valence electrons. The number of nitrogens with zero attached hydrogens (tertiary/aromatic N) is 1. The van der Waals surface area contributed by atoms with Gasteiger partial charge in [0.25, 0.3) is 5.85 Å². The van der Waals surface area contributed by atoms with E-state index in [4.69, 9.17) is 25.8 Å². The van der Waals surface area contributed by atoms with E-state index in [-0.39, 0.29) is 18.1 Å². The molecule has 3 heterocycles. The van der Waals surface area contributed by atoms with Crippen LogP contribution in [0.1, 0.15) is 14.5 Å². The van der Waals surface area contributed by atoms with Crippen LogP contribution in [0.3, 0.4) is 0 Å². The lowest BCUT2D eigenvalue weighted by atomic mass is 10.1. The van der Waals surface area contributed by atoms with Crippen LogP contribution in [0.15, 0.2) is 29.2 Å². The maximum absolute atomic E-state index is 15.7. The lowest BCUT2D eigenvalue weighted by Gasteiger charge is -2.28. The number of hydrogen-bond acceptors (Lipinski definition) is 10. The Hall–Kier alpha value is -2.19. The Morgan fingerprint density at radius 2 is 2.25 bits per heavy atom. The summed E-state index contributed by atoms with van der Waals surface area (Å²) >= 11 is 4.56. The number of aromatic nitrogens is 2. The van der Waals surface area contributed by atoms with Gasteiger partial charge in [0.1, 0.15) is 23.4 Å². The van der Waals surface area contributed by atoms with Crippen LogP contribution in [0.2, 0.25) is 0 Å². The van der Waals surface area contributed by atoms with Gasteiger partial charge in [-0.15, -0.1) is 0 Å². The minimum absolute atomic E-state index is 0.101. The minimum Gasteiger partial charge on any atom is -0.493 e. The highest BCUT2D eigenvalue weighted by Crippen LogP contribution is 2.57. The zero-order chi connectivity index (χ0) is 25.1. The Morgan fingerprint density at radius 1 is 1.50 bits per heavy atom. The molecule has 1 aromatic carbocycles. The summed E-state index contributed by atoms with van der Waals surface area (Å²) in [5, 5.41) is 20.5. The van der Waals surface area contributed by atoms with Crippen molar-refractivity contribution < 1.29 is 49.3 Å². The quantitative estimate of drug-likeness (QED) is 0.414. The van der Waals surface area contributed by atoms with Crippen LogP contribution in [0, 0.1) is 10.5 Å². The smallest absolute Gasteiger partial charge is 0.493 e. The second-order valence-corrected chi connectivity index (χ2v) is 8.61. The maximum atomic E-state index is 15.7. The number of rotatable bonds is 5. The number of H-pyrrole nitrogens is 1. The van der Waals surface area contributed by atoms with Gasteiger partial charge in [0.05, 0.1) is 22.7 Å². The van der Waals surface area contributed by atoms with E-state index in [0.717, 1.165) is 0 Å². The van der Waals surface area contributed by atoms with Gasteiger partial charge in [0.2, 0.25) is 0 Å². The number of phosphoric ester groups is 1. The van der Waals surface area contributed by atoms with E-state index in [2.05, 4.69) is 12.2 Å². The molecule has 2 aliphatic rings. The third-order valence-electron chi connectivity index (χ3n) is 4.65. The van der Waals surface area contributed by atoms with Crippen molar-refractivity contribution in [3.05, 3.63) is 50.9 Å². The summed E-state index contributed by atoms with van der Waals surface area (Å²) in [4.78, 5) is 14.0. The van der Waals surface area contributed by atoms with E-state index in [9.17, 15) is 24.0 Å². The molecule has 0 spiro atoms. The molecule has 1 aromatic heterocycles. The Bertz CT molecular complexity index is 1280. The first-order chi connectivity index (χ1) is 15.8. The average Bonchev–Trinajstić information content (AvgIpc) is 3.00. The summed E-state index contributed by atoms with van der Waals surface area (Å²) in [5.41, 5.74) is -0.774. The number of aromatic amines is 1. The van der Waals surface area contributed by atoms with Crippen molar-refractivity contribution in [3.63, 3.8) is 0 Å². The van der Waals surface area contributed by atoms with E-state index >= 15 is 4.39 Å². The van der Waals surface area contributed by atoms with Gasteiger partial charge < -0.3 is 24.2 Å². The molecule has 2 aliphatic heterocycles. The Balaban J connectivity index is 1.64. The van der Waals surface area contributed by atoms with Gasteiger partial charge in [-0.3, -0.25) is 18.6 Å². The first-order valence-electron chi connectivity index (χ1n) is 9.86. The summed E-state index contributed by atoms with van der Waals surface area (Å²) in [5.74, 6) is -5.06. The predicted octanol–water partition coefficient (Wildman–Crippen LogP) is 1.70. The molecule has 1 saturated heterocycles. The SMILES string of the molecule is [2H]C([2H])(OP1(=O)OCc2cccc(OC)c2O1)[C@@]1(F)O[C@@H](n2cc(F)c(=S)[nH]c2=O)[C@H](O)[C@@H]1O. The zero-order valence-electron chi connectivity index (χ0n) is 18.1. The normalized spacial score (nSPS) is 33.1. The average molecular weight is 496 g/mol. The molecule has 0 aliphatic carbocycles. The largest absolute Gasteiger partial charge is 0.530 e. The van der Waals surface area contributed by atoms with Crippen LogP contribution in [0.25, 0.3) is 0 Å². The fourth-order valence-corrected chi connectivity index (χ4v) is 4.28. The number of halogens is 2. The molecule has 0 saturated carbocycles. The first-order valence-corrected chi connectivity index (χ1v) is 10.7. The molecule has 0 radical (unpaired) electrons. The fourth-order valence-electron chi connectivity index (χ4n) is 3.04. The Kier molecular flexibility index (Phi) is 5.30. The van der Waals surface area contributed by atoms with Crippen LogP contribution >= 0.6 is 20.0 Å². The molecule has 0 bridgehead atoms. The lowest BCUT2D eigenvalue weighted by molar-refractivity contribution is -0.205. The van der Waals surface area contributed by atoms with Crippen LogP contribution in [0.4, 0.5) is 8.78 Å².